The first-order chi connectivity index (χ1) is 21.5. The van der Waals surface area contributed by atoms with Gasteiger partial charge in [-0.2, -0.15) is 8.78 Å². The summed E-state index contributed by atoms with van der Waals surface area (Å²) in [5.74, 6) is -6.86. The van der Waals surface area contributed by atoms with Crippen molar-refractivity contribution in [2.24, 2.45) is 0 Å². The molecule has 0 atom stereocenters. The summed E-state index contributed by atoms with van der Waals surface area (Å²) in [6, 6.07) is 14.8. The molecule has 0 bridgehead atoms. The number of aromatic nitrogens is 1. The first-order valence-corrected chi connectivity index (χ1v) is 14.4. The Morgan fingerprint density at radius 3 is 1.91 bits per heavy atom. The lowest BCUT2D eigenvalue weighted by atomic mass is 9.99. The SMILES string of the molecule is CCCCCc1ccc(-c2ccc(-c3cc(F)c(C(F)(F)Oc4ccc(-c5ccc(Cl)c(F)c5)c(F)c4)c(F)c3)c(F)c2)nc1. The minimum atomic E-state index is -4.58. The number of hydrogen-bond acceptors (Lipinski definition) is 2. The van der Waals surface area contributed by atoms with E-state index >= 15 is 22.0 Å². The van der Waals surface area contributed by atoms with E-state index in [1.54, 1.807) is 12.3 Å². The molecule has 0 N–H and O–H groups in total. The van der Waals surface area contributed by atoms with E-state index < -0.39 is 46.5 Å². The molecule has 0 unspecified atom stereocenters. The quantitative estimate of drug-likeness (QED) is 0.112. The molecule has 0 amide bonds. The molecule has 0 saturated heterocycles. The van der Waals surface area contributed by atoms with Crippen LogP contribution >= 0.6 is 11.6 Å². The zero-order valence-corrected chi connectivity index (χ0v) is 24.5. The summed E-state index contributed by atoms with van der Waals surface area (Å²) in [5.41, 5.74) is -0.386. The van der Waals surface area contributed by atoms with Crippen molar-refractivity contribution in [1.29, 1.82) is 0 Å². The Morgan fingerprint density at radius 1 is 0.667 bits per heavy atom. The zero-order chi connectivity index (χ0) is 32.3. The predicted octanol–water partition coefficient (Wildman–Crippen LogP) is 11.3. The van der Waals surface area contributed by atoms with Crippen LogP contribution in [0.1, 0.15) is 37.3 Å². The third-order valence-corrected chi connectivity index (χ3v) is 7.53. The van der Waals surface area contributed by atoms with E-state index in [9.17, 15) is 8.78 Å². The normalized spacial score (nSPS) is 11.6. The maximum atomic E-state index is 15.1. The van der Waals surface area contributed by atoms with Crippen LogP contribution in [0.5, 0.6) is 5.75 Å². The Morgan fingerprint density at radius 2 is 1.29 bits per heavy atom. The van der Waals surface area contributed by atoms with Gasteiger partial charge in [0.15, 0.2) is 0 Å². The standard InChI is InChI=1S/C35H25ClF7NO/c1-2-3-4-5-20-6-13-33(44-19-20)22-7-10-26(28(37)15-22)23-16-31(40)34(32(41)17-23)35(42,43)45-24-9-11-25(29(38)18-24)21-8-12-27(36)30(39)14-21/h6-19H,2-5H2,1H3. The molecule has 0 aliphatic heterocycles. The lowest BCUT2D eigenvalue weighted by Crippen LogP contribution is -2.25. The van der Waals surface area contributed by atoms with Crippen LogP contribution in [0, 0.1) is 29.1 Å². The maximum Gasteiger partial charge on any atom is 0.432 e. The molecule has 0 saturated carbocycles. The minimum absolute atomic E-state index is 0.0765. The number of benzene rings is 4. The maximum absolute atomic E-state index is 15.1. The molecule has 0 spiro atoms. The molecule has 0 radical (unpaired) electrons. The number of pyridine rings is 1. The fourth-order valence-corrected chi connectivity index (χ4v) is 5.01. The fraction of sp³-hybridized carbons (Fsp3) is 0.171. The molecule has 5 aromatic rings. The highest BCUT2D eigenvalue weighted by Gasteiger charge is 2.41. The van der Waals surface area contributed by atoms with E-state index in [2.05, 4.69) is 16.6 Å². The number of rotatable bonds is 10. The Kier molecular flexibility index (Phi) is 9.48. The van der Waals surface area contributed by atoms with Crippen LogP contribution in [0.3, 0.4) is 0 Å². The van der Waals surface area contributed by atoms with Crippen molar-refractivity contribution >= 4 is 11.6 Å². The minimum Gasteiger partial charge on any atom is -0.429 e. The van der Waals surface area contributed by atoms with Crippen LogP contribution < -0.4 is 4.74 Å². The van der Waals surface area contributed by atoms with E-state index in [1.807, 2.05) is 6.07 Å². The van der Waals surface area contributed by atoms with Gasteiger partial charge in [-0.25, -0.2) is 22.0 Å². The van der Waals surface area contributed by atoms with Gasteiger partial charge in [-0.05, 0) is 78.1 Å². The molecule has 1 heterocycles. The Bertz CT molecular complexity index is 1820. The summed E-state index contributed by atoms with van der Waals surface area (Å²) in [4.78, 5) is 4.38. The molecular weight excluding hydrogens is 619 g/mol. The van der Waals surface area contributed by atoms with E-state index in [1.165, 1.54) is 24.3 Å². The van der Waals surface area contributed by atoms with Crippen molar-refractivity contribution in [2.45, 2.75) is 38.7 Å². The van der Waals surface area contributed by atoms with Gasteiger partial charge in [0.25, 0.3) is 0 Å². The molecule has 0 aliphatic carbocycles. The van der Waals surface area contributed by atoms with E-state index in [4.69, 9.17) is 11.6 Å². The lowest BCUT2D eigenvalue weighted by Gasteiger charge is -2.20. The van der Waals surface area contributed by atoms with E-state index in [0.717, 1.165) is 55.5 Å². The van der Waals surface area contributed by atoms with Crippen molar-refractivity contribution in [2.75, 3.05) is 0 Å². The van der Waals surface area contributed by atoms with Crippen LogP contribution in [0.2, 0.25) is 5.02 Å². The molecule has 5 rings (SSSR count). The summed E-state index contributed by atoms with van der Waals surface area (Å²) in [7, 11) is 0. The van der Waals surface area contributed by atoms with Crippen molar-refractivity contribution in [1.82, 2.24) is 4.98 Å². The highest BCUT2D eigenvalue weighted by atomic mass is 35.5. The highest BCUT2D eigenvalue weighted by Crippen LogP contribution is 2.39. The van der Waals surface area contributed by atoms with Gasteiger partial charge < -0.3 is 4.74 Å². The number of aryl methyl sites for hydroxylation is 1. The highest BCUT2D eigenvalue weighted by molar-refractivity contribution is 6.30. The van der Waals surface area contributed by atoms with Crippen molar-refractivity contribution in [3.05, 3.63) is 130 Å². The Hall–Kier alpha value is -4.37. The number of nitrogens with zero attached hydrogens (tertiary/aromatic N) is 1. The van der Waals surface area contributed by atoms with Gasteiger partial charge in [0, 0.05) is 29.0 Å². The second kappa shape index (κ2) is 13.3. The van der Waals surface area contributed by atoms with E-state index in [0.29, 0.717) is 29.5 Å². The smallest absolute Gasteiger partial charge is 0.429 e. The molecular formula is C35H25ClF7NO. The summed E-state index contributed by atoms with van der Waals surface area (Å²) in [5, 5.41) is -0.190. The number of unbranched alkanes of at least 4 members (excludes halogenated alkanes) is 2. The van der Waals surface area contributed by atoms with Crippen molar-refractivity contribution in [3.63, 3.8) is 0 Å². The first-order valence-electron chi connectivity index (χ1n) is 14.0. The molecule has 4 aromatic carbocycles. The fourth-order valence-electron chi connectivity index (χ4n) is 4.89. The predicted molar refractivity (Wildman–Crippen MR) is 160 cm³/mol. The summed E-state index contributed by atoms with van der Waals surface area (Å²) < 4.78 is 108. The first kappa shape index (κ1) is 32.0. The second-order valence-corrected chi connectivity index (χ2v) is 10.8. The molecule has 10 heteroatoms. The largest absolute Gasteiger partial charge is 0.432 e. The molecule has 0 fully saturated rings. The van der Waals surface area contributed by atoms with Gasteiger partial charge in [-0.3, -0.25) is 4.98 Å². The number of ether oxygens (including phenoxy) is 1. The second-order valence-electron chi connectivity index (χ2n) is 10.4. The van der Waals surface area contributed by atoms with Crippen LogP contribution in [-0.2, 0) is 12.5 Å². The zero-order valence-electron chi connectivity index (χ0n) is 23.8. The van der Waals surface area contributed by atoms with Crippen LogP contribution in [0.25, 0.3) is 33.5 Å². The van der Waals surface area contributed by atoms with Gasteiger partial charge in [0.05, 0.1) is 10.7 Å². The monoisotopic (exact) mass is 643 g/mol. The Labute approximate surface area is 260 Å². The summed E-state index contributed by atoms with van der Waals surface area (Å²) >= 11 is 5.64. The molecule has 232 valence electrons. The molecule has 0 aliphatic rings. The van der Waals surface area contributed by atoms with Crippen LogP contribution in [0.4, 0.5) is 30.7 Å². The summed E-state index contributed by atoms with van der Waals surface area (Å²) in [6.45, 7) is 2.11. The van der Waals surface area contributed by atoms with Gasteiger partial charge in [-0.1, -0.05) is 55.6 Å². The average Bonchev–Trinajstić information content (AvgIpc) is 2.98. The lowest BCUT2D eigenvalue weighted by molar-refractivity contribution is -0.189. The molecule has 1 aromatic heterocycles. The topological polar surface area (TPSA) is 22.1 Å². The molecule has 2 nitrogen and oxygen atoms in total. The number of alkyl halides is 2. The van der Waals surface area contributed by atoms with Gasteiger partial charge in [0.2, 0.25) is 0 Å². The van der Waals surface area contributed by atoms with Crippen LogP contribution in [-0.4, -0.2) is 4.98 Å². The average molecular weight is 644 g/mol. The number of hydrogen-bond donors (Lipinski definition) is 0. The number of halogens is 8. The van der Waals surface area contributed by atoms with E-state index in [-0.39, 0.29) is 27.3 Å². The van der Waals surface area contributed by atoms with Crippen LogP contribution in [0.15, 0.2) is 85.1 Å². The Balaban J connectivity index is 1.36. The van der Waals surface area contributed by atoms with Gasteiger partial charge >= 0.3 is 6.11 Å². The van der Waals surface area contributed by atoms with Crippen molar-refractivity contribution < 1.29 is 35.5 Å². The van der Waals surface area contributed by atoms with Gasteiger partial charge in [-0.15, -0.1) is 0 Å². The summed E-state index contributed by atoms with van der Waals surface area (Å²) in [6.07, 6.45) is 1.24. The molecule has 45 heavy (non-hydrogen) atoms. The van der Waals surface area contributed by atoms with Gasteiger partial charge in [0.1, 0.15) is 40.4 Å². The third-order valence-electron chi connectivity index (χ3n) is 7.22. The third kappa shape index (κ3) is 7.14. The van der Waals surface area contributed by atoms with Crippen molar-refractivity contribution in [3.8, 4) is 39.3 Å².